The van der Waals surface area contributed by atoms with Crippen molar-refractivity contribution in [2.75, 3.05) is 5.88 Å². The molecule has 0 heterocycles. The first-order chi connectivity index (χ1) is 7.66. The molecule has 1 aromatic rings. The van der Waals surface area contributed by atoms with E-state index in [1.54, 1.807) is 12.1 Å². The summed E-state index contributed by atoms with van der Waals surface area (Å²) in [6, 6.07) is 6.29. The molecular weight excluding hydrogens is 229 g/mol. The van der Waals surface area contributed by atoms with Crippen molar-refractivity contribution in [3.63, 3.8) is 0 Å². The Bertz CT molecular complexity index is 387. The summed E-state index contributed by atoms with van der Waals surface area (Å²) in [6.07, 6.45) is 2.85. The van der Waals surface area contributed by atoms with E-state index in [1.165, 1.54) is 12.1 Å². The van der Waals surface area contributed by atoms with Gasteiger partial charge in [-0.05, 0) is 37.0 Å². The molecule has 1 aliphatic rings. The van der Waals surface area contributed by atoms with E-state index in [4.69, 9.17) is 11.6 Å². The molecule has 86 valence electrons. The van der Waals surface area contributed by atoms with Gasteiger partial charge in [-0.25, -0.2) is 4.39 Å². The summed E-state index contributed by atoms with van der Waals surface area (Å²) in [6.45, 7) is 0. The predicted molar refractivity (Wildman–Crippen MR) is 60.8 cm³/mol. The highest BCUT2D eigenvalue weighted by molar-refractivity contribution is 6.27. The van der Waals surface area contributed by atoms with Gasteiger partial charge in [-0.3, -0.25) is 4.79 Å². The first-order valence-corrected chi connectivity index (χ1v) is 5.83. The lowest BCUT2D eigenvalue weighted by Gasteiger charge is -2.43. The zero-order valence-corrected chi connectivity index (χ0v) is 9.56. The third kappa shape index (κ3) is 2.05. The van der Waals surface area contributed by atoms with Crippen LogP contribution in [0.5, 0.6) is 0 Å². The number of hydrogen-bond acceptors (Lipinski definition) is 1. The molecule has 0 atom stereocenters. The van der Waals surface area contributed by atoms with Crippen LogP contribution in [0.4, 0.5) is 4.39 Å². The summed E-state index contributed by atoms with van der Waals surface area (Å²) < 4.78 is 12.8. The number of carbonyl (C=O) groups excluding carboxylic acids is 1. The van der Waals surface area contributed by atoms with Crippen molar-refractivity contribution >= 4 is 17.5 Å². The minimum Gasteiger partial charge on any atom is -0.346 e. The van der Waals surface area contributed by atoms with Crippen molar-refractivity contribution in [3.8, 4) is 0 Å². The molecule has 1 fully saturated rings. The lowest BCUT2D eigenvalue weighted by molar-refractivity contribution is -0.121. The smallest absolute Gasteiger partial charge is 0.235 e. The Labute approximate surface area is 98.8 Å². The van der Waals surface area contributed by atoms with E-state index >= 15 is 0 Å². The molecule has 0 radical (unpaired) electrons. The maximum absolute atomic E-state index is 12.8. The van der Waals surface area contributed by atoms with Gasteiger partial charge >= 0.3 is 0 Å². The highest BCUT2D eigenvalue weighted by Crippen LogP contribution is 2.41. The van der Waals surface area contributed by atoms with Gasteiger partial charge in [0.05, 0.1) is 5.54 Å². The van der Waals surface area contributed by atoms with Crippen LogP contribution in [0, 0.1) is 5.82 Å². The molecule has 2 rings (SSSR count). The summed E-state index contributed by atoms with van der Waals surface area (Å²) in [4.78, 5) is 11.3. The average molecular weight is 242 g/mol. The van der Waals surface area contributed by atoms with Crippen LogP contribution in [0.25, 0.3) is 0 Å². The van der Waals surface area contributed by atoms with Crippen LogP contribution in [0.2, 0.25) is 0 Å². The molecule has 2 nitrogen and oxygen atoms in total. The molecule has 1 saturated carbocycles. The first-order valence-electron chi connectivity index (χ1n) is 5.29. The van der Waals surface area contributed by atoms with E-state index in [1.807, 2.05) is 0 Å². The Hall–Kier alpha value is -1.09. The molecule has 1 amide bonds. The number of benzene rings is 1. The van der Waals surface area contributed by atoms with Crippen molar-refractivity contribution in [3.05, 3.63) is 35.6 Å². The van der Waals surface area contributed by atoms with Gasteiger partial charge in [0.2, 0.25) is 5.91 Å². The van der Waals surface area contributed by atoms with Crippen LogP contribution in [0.15, 0.2) is 24.3 Å². The largest absolute Gasteiger partial charge is 0.346 e. The maximum atomic E-state index is 12.8. The quantitative estimate of drug-likeness (QED) is 0.810. The molecule has 0 aliphatic heterocycles. The average Bonchev–Trinajstić information content (AvgIpc) is 2.24. The molecule has 1 N–H and O–H groups in total. The highest BCUT2D eigenvalue weighted by atomic mass is 35.5. The molecule has 0 saturated heterocycles. The number of amides is 1. The fourth-order valence-electron chi connectivity index (χ4n) is 2.09. The standard InChI is InChI=1S/C12H13ClFNO/c13-8-11(16)15-12(6-1-7-12)9-2-4-10(14)5-3-9/h2-5H,1,6-8H2,(H,15,16). The Morgan fingerprint density at radius 3 is 2.44 bits per heavy atom. The maximum Gasteiger partial charge on any atom is 0.235 e. The van der Waals surface area contributed by atoms with E-state index in [9.17, 15) is 9.18 Å². The predicted octanol–water partition coefficient (Wildman–Crippen LogP) is 2.56. The normalized spacial score (nSPS) is 17.6. The van der Waals surface area contributed by atoms with Gasteiger partial charge < -0.3 is 5.32 Å². The fraction of sp³-hybridized carbons (Fsp3) is 0.417. The van der Waals surface area contributed by atoms with Crippen molar-refractivity contribution in [1.82, 2.24) is 5.32 Å². The summed E-state index contributed by atoms with van der Waals surface area (Å²) in [5.41, 5.74) is 0.637. The van der Waals surface area contributed by atoms with Gasteiger partial charge in [-0.2, -0.15) is 0 Å². The number of nitrogens with one attached hydrogen (secondary N) is 1. The van der Waals surface area contributed by atoms with E-state index in [0.29, 0.717) is 0 Å². The van der Waals surface area contributed by atoms with Gasteiger partial charge in [0.15, 0.2) is 0 Å². The van der Waals surface area contributed by atoms with Crippen molar-refractivity contribution in [2.24, 2.45) is 0 Å². The fourth-order valence-corrected chi connectivity index (χ4v) is 2.15. The van der Waals surface area contributed by atoms with Crippen LogP contribution in [0.1, 0.15) is 24.8 Å². The molecule has 0 aromatic heterocycles. The Kier molecular flexibility index (Phi) is 3.15. The Balaban J connectivity index is 2.21. The van der Waals surface area contributed by atoms with Crippen molar-refractivity contribution in [2.45, 2.75) is 24.8 Å². The summed E-state index contributed by atoms with van der Waals surface area (Å²) in [7, 11) is 0. The summed E-state index contributed by atoms with van der Waals surface area (Å²) in [5, 5.41) is 2.92. The Morgan fingerprint density at radius 2 is 2.00 bits per heavy atom. The number of halogens is 2. The van der Waals surface area contributed by atoms with Crippen LogP contribution in [-0.4, -0.2) is 11.8 Å². The Morgan fingerprint density at radius 1 is 1.38 bits per heavy atom. The van der Waals surface area contributed by atoms with Crippen molar-refractivity contribution in [1.29, 1.82) is 0 Å². The topological polar surface area (TPSA) is 29.1 Å². The molecule has 4 heteroatoms. The minimum atomic E-state index is -0.320. The van der Waals surface area contributed by atoms with Gasteiger partial charge in [0, 0.05) is 0 Å². The zero-order valence-electron chi connectivity index (χ0n) is 8.80. The van der Waals surface area contributed by atoms with Crippen LogP contribution >= 0.6 is 11.6 Å². The molecule has 1 aromatic carbocycles. The summed E-state index contributed by atoms with van der Waals surface area (Å²) in [5.74, 6) is -0.476. The molecule has 1 aliphatic carbocycles. The first kappa shape index (κ1) is 11.4. The van der Waals surface area contributed by atoms with Crippen molar-refractivity contribution < 1.29 is 9.18 Å². The van der Waals surface area contributed by atoms with Crippen LogP contribution < -0.4 is 5.32 Å². The second kappa shape index (κ2) is 4.42. The van der Waals surface area contributed by atoms with Gasteiger partial charge in [0.25, 0.3) is 0 Å². The summed E-state index contributed by atoms with van der Waals surface area (Å²) >= 11 is 5.48. The van der Waals surface area contributed by atoms with E-state index in [2.05, 4.69) is 5.32 Å². The van der Waals surface area contributed by atoms with E-state index in [0.717, 1.165) is 24.8 Å². The SMILES string of the molecule is O=C(CCl)NC1(c2ccc(F)cc2)CCC1. The van der Waals surface area contributed by atoms with Crippen LogP contribution in [-0.2, 0) is 10.3 Å². The second-order valence-electron chi connectivity index (χ2n) is 4.12. The monoisotopic (exact) mass is 241 g/mol. The highest BCUT2D eigenvalue weighted by Gasteiger charge is 2.39. The third-order valence-electron chi connectivity index (χ3n) is 3.10. The third-order valence-corrected chi connectivity index (χ3v) is 3.35. The zero-order chi connectivity index (χ0) is 11.6. The van der Waals surface area contributed by atoms with Gasteiger partial charge in [0.1, 0.15) is 11.7 Å². The second-order valence-corrected chi connectivity index (χ2v) is 4.39. The number of alkyl halides is 1. The molecule has 0 unspecified atom stereocenters. The lowest BCUT2D eigenvalue weighted by atomic mass is 9.72. The lowest BCUT2D eigenvalue weighted by Crippen LogP contribution is -2.51. The minimum absolute atomic E-state index is 0.0387. The molecule has 0 spiro atoms. The van der Waals surface area contributed by atoms with E-state index < -0.39 is 0 Å². The number of hydrogen-bond donors (Lipinski definition) is 1. The molecular formula is C12H13ClFNO. The van der Waals surface area contributed by atoms with Gasteiger partial charge in [-0.1, -0.05) is 12.1 Å². The molecule has 16 heavy (non-hydrogen) atoms. The van der Waals surface area contributed by atoms with Gasteiger partial charge in [-0.15, -0.1) is 11.6 Å². The number of carbonyl (C=O) groups is 1. The molecule has 0 bridgehead atoms. The van der Waals surface area contributed by atoms with E-state index in [-0.39, 0.29) is 23.1 Å². The number of rotatable bonds is 3. The van der Waals surface area contributed by atoms with Crippen LogP contribution in [0.3, 0.4) is 0 Å².